The molecule has 0 bridgehead atoms. The first-order valence-corrected chi connectivity index (χ1v) is 7.81. The van der Waals surface area contributed by atoms with Crippen LogP contribution in [-0.4, -0.2) is 17.5 Å². The van der Waals surface area contributed by atoms with Gasteiger partial charge in [0.05, 0.1) is 0 Å². The van der Waals surface area contributed by atoms with Crippen LogP contribution in [0, 0.1) is 0 Å². The van der Waals surface area contributed by atoms with Crippen LogP contribution in [0.1, 0.15) is 30.5 Å². The predicted molar refractivity (Wildman–Crippen MR) is 93.3 cm³/mol. The molecule has 22 heavy (non-hydrogen) atoms. The fraction of sp³-hybridized carbons (Fsp3) is 0.333. The Balaban J connectivity index is 2.02. The third-order valence-electron chi connectivity index (χ3n) is 3.66. The summed E-state index contributed by atoms with van der Waals surface area (Å²) in [6, 6.07) is 10.3. The number of hydrogen-bond acceptors (Lipinski definition) is 2. The molecular formula is C18H24N4. The molecule has 0 radical (unpaired) electrons. The molecule has 2 rings (SSSR count). The van der Waals surface area contributed by atoms with Gasteiger partial charge in [-0.15, -0.1) is 0 Å². The molecular weight excluding hydrogens is 272 g/mol. The summed E-state index contributed by atoms with van der Waals surface area (Å²) in [6.07, 6.45) is 6.42. The van der Waals surface area contributed by atoms with Crippen LogP contribution in [0.4, 0.5) is 5.69 Å². The Bertz CT molecular complexity index is 598. The van der Waals surface area contributed by atoms with E-state index in [-0.39, 0.29) is 0 Å². The number of rotatable bonds is 6. The number of anilines is 1. The van der Waals surface area contributed by atoms with E-state index in [1.54, 1.807) is 6.20 Å². The summed E-state index contributed by atoms with van der Waals surface area (Å²) < 4.78 is 0. The normalized spacial score (nSPS) is 11.5. The quantitative estimate of drug-likeness (QED) is 0.635. The number of aliphatic imine (C=N–C) groups is 1. The maximum Gasteiger partial charge on any atom is 0.193 e. The Morgan fingerprint density at radius 2 is 1.86 bits per heavy atom. The number of aromatic nitrogens is 1. The van der Waals surface area contributed by atoms with Gasteiger partial charge in [0.2, 0.25) is 0 Å². The van der Waals surface area contributed by atoms with Crippen LogP contribution < -0.4 is 11.1 Å². The first-order valence-electron chi connectivity index (χ1n) is 7.81. The van der Waals surface area contributed by atoms with Gasteiger partial charge >= 0.3 is 0 Å². The van der Waals surface area contributed by atoms with E-state index >= 15 is 0 Å². The number of para-hydroxylation sites is 1. The number of aryl methyl sites for hydroxylation is 2. The summed E-state index contributed by atoms with van der Waals surface area (Å²) in [6.45, 7) is 4.95. The highest BCUT2D eigenvalue weighted by atomic mass is 15.1. The second-order valence-corrected chi connectivity index (χ2v) is 5.16. The van der Waals surface area contributed by atoms with Crippen molar-refractivity contribution in [3.8, 4) is 0 Å². The van der Waals surface area contributed by atoms with E-state index in [1.807, 2.05) is 18.3 Å². The molecule has 1 aromatic carbocycles. The Kier molecular flexibility index (Phi) is 5.95. The molecule has 0 amide bonds. The summed E-state index contributed by atoms with van der Waals surface area (Å²) in [5.74, 6) is 0.472. The SMILES string of the molecule is CCc1cccc(CC)c1NC(N)=NCCc1cccnc1. The molecule has 0 fully saturated rings. The van der Waals surface area contributed by atoms with Crippen molar-refractivity contribution in [2.24, 2.45) is 10.7 Å². The number of nitrogens with one attached hydrogen (secondary N) is 1. The Labute approximate surface area is 132 Å². The van der Waals surface area contributed by atoms with Crippen molar-refractivity contribution in [1.82, 2.24) is 4.98 Å². The zero-order chi connectivity index (χ0) is 15.8. The molecule has 116 valence electrons. The van der Waals surface area contributed by atoms with Gasteiger partial charge in [-0.05, 0) is 42.0 Å². The molecule has 2 aromatic rings. The molecule has 1 heterocycles. The fourth-order valence-corrected chi connectivity index (χ4v) is 2.42. The van der Waals surface area contributed by atoms with E-state index in [0.29, 0.717) is 12.5 Å². The minimum atomic E-state index is 0.472. The van der Waals surface area contributed by atoms with Gasteiger partial charge in [0.1, 0.15) is 0 Å². The van der Waals surface area contributed by atoms with Crippen molar-refractivity contribution in [3.05, 3.63) is 59.4 Å². The van der Waals surface area contributed by atoms with Gasteiger partial charge in [0, 0.05) is 24.6 Å². The highest BCUT2D eigenvalue weighted by molar-refractivity contribution is 5.93. The van der Waals surface area contributed by atoms with Crippen molar-refractivity contribution >= 4 is 11.6 Å². The lowest BCUT2D eigenvalue weighted by Crippen LogP contribution is -2.24. The molecule has 3 N–H and O–H groups in total. The van der Waals surface area contributed by atoms with Crippen LogP contribution in [-0.2, 0) is 19.3 Å². The number of benzene rings is 1. The smallest absolute Gasteiger partial charge is 0.193 e. The number of nitrogens with two attached hydrogens (primary N) is 1. The van der Waals surface area contributed by atoms with Gasteiger partial charge in [-0.2, -0.15) is 0 Å². The molecule has 0 atom stereocenters. The third kappa shape index (κ3) is 4.32. The molecule has 0 spiro atoms. The van der Waals surface area contributed by atoms with E-state index in [4.69, 9.17) is 5.73 Å². The van der Waals surface area contributed by atoms with Crippen molar-refractivity contribution in [2.45, 2.75) is 33.1 Å². The number of guanidine groups is 1. The molecule has 4 nitrogen and oxygen atoms in total. The fourth-order valence-electron chi connectivity index (χ4n) is 2.42. The summed E-state index contributed by atoms with van der Waals surface area (Å²) in [5.41, 5.74) is 10.9. The lowest BCUT2D eigenvalue weighted by atomic mass is 10.0. The standard InChI is InChI=1S/C18H24N4/c1-3-15-8-5-9-16(4-2)17(15)22-18(19)21-12-10-14-7-6-11-20-13-14/h5-9,11,13H,3-4,10,12H2,1-2H3,(H3,19,21,22). The maximum atomic E-state index is 6.04. The molecule has 0 saturated heterocycles. The molecule has 0 unspecified atom stereocenters. The zero-order valence-electron chi connectivity index (χ0n) is 13.3. The number of pyridine rings is 1. The molecule has 0 aliphatic heterocycles. The Morgan fingerprint density at radius 1 is 1.14 bits per heavy atom. The second-order valence-electron chi connectivity index (χ2n) is 5.16. The summed E-state index contributed by atoms with van der Waals surface area (Å²) >= 11 is 0. The van der Waals surface area contributed by atoms with Gasteiger partial charge < -0.3 is 11.1 Å². The second kappa shape index (κ2) is 8.17. The van der Waals surface area contributed by atoms with E-state index in [0.717, 1.165) is 24.9 Å². The van der Waals surface area contributed by atoms with Gasteiger partial charge in [-0.3, -0.25) is 9.98 Å². The van der Waals surface area contributed by atoms with Gasteiger partial charge in [0.25, 0.3) is 0 Å². The van der Waals surface area contributed by atoms with Gasteiger partial charge in [0.15, 0.2) is 5.96 Å². The van der Waals surface area contributed by atoms with E-state index in [9.17, 15) is 0 Å². The van der Waals surface area contributed by atoms with Gasteiger partial charge in [-0.1, -0.05) is 38.1 Å². The van der Waals surface area contributed by atoms with Crippen molar-refractivity contribution in [1.29, 1.82) is 0 Å². The van der Waals surface area contributed by atoms with Crippen LogP contribution in [0.2, 0.25) is 0 Å². The van der Waals surface area contributed by atoms with Crippen LogP contribution in [0.3, 0.4) is 0 Å². The van der Waals surface area contributed by atoms with Crippen molar-refractivity contribution in [2.75, 3.05) is 11.9 Å². The van der Waals surface area contributed by atoms with Crippen LogP contribution in [0.25, 0.3) is 0 Å². The minimum Gasteiger partial charge on any atom is -0.370 e. The average Bonchev–Trinajstić information content (AvgIpc) is 2.56. The number of hydrogen-bond donors (Lipinski definition) is 2. The minimum absolute atomic E-state index is 0.472. The van der Waals surface area contributed by atoms with E-state index < -0.39 is 0 Å². The predicted octanol–water partition coefficient (Wildman–Crippen LogP) is 3.18. The third-order valence-corrected chi connectivity index (χ3v) is 3.66. The monoisotopic (exact) mass is 296 g/mol. The topological polar surface area (TPSA) is 63.3 Å². The Hall–Kier alpha value is -2.36. The summed E-state index contributed by atoms with van der Waals surface area (Å²) in [4.78, 5) is 8.52. The summed E-state index contributed by atoms with van der Waals surface area (Å²) in [7, 11) is 0. The molecule has 1 aromatic heterocycles. The highest BCUT2D eigenvalue weighted by Crippen LogP contribution is 2.22. The molecule has 0 aliphatic rings. The molecule has 0 aliphatic carbocycles. The highest BCUT2D eigenvalue weighted by Gasteiger charge is 2.06. The van der Waals surface area contributed by atoms with Gasteiger partial charge in [-0.25, -0.2) is 0 Å². The van der Waals surface area contributed by atoms with E-state index in [2.05, 4.69) is 47.3 Å². The van der Waals surface area contributed by atoms with Crippen molar-refractivity contribution in [3.63, 3.8) is 0 Å². The zero-order valence-corrected chi connectivity index (χ0v) is 13.3. The molecule has 0 saturated carbocycles. The average molecular weight is 296 g/mol. The van der Waals surface area contributed by atoms with Crippen LogP contribution >= 0.6 is 0 Å². The van der Waals surface area contributed by atoms with Crippen LogP contribution in [0.5, 0.6) is 0 Å². The molecule has 4 heteroatoms. The maximum absolute atomic E-state index is 6.04. The van der Waals surface area contributed by atoms with E-state index in [1.165, 1.54) is 16.7 Å². The Morgan fingerprint density at radius 3 is 2.45 bits per heavy atom. The largest absolute Gasteiger partial charge is 0.370 e. The first kappa shape index (κ1) is 16.0. The first-order chi connectivity index (χ1) is 10.7. The number of nitrogens with zero attached hydrogens (tertiary/aromatic N) is 2. The van der Waals surface area contributed by atoms with Crippen LogP contribution in [0.15, 0.2) is 47.7 Å². The van der Waals surface area contributed by atoms with Crippen molar-refractivity contribution < 1.29 is 0 Å². The lowest BCUT2D eigenvalue weighted by Gasteiger charge is -2.14. The summed E-state index contributed by atoms with van der Waals surface area (Å²) in [5, 5.41) is 3.28. The lowest BCUT2D eigenvalue weighted by molar-refractivity contribution is 0.954.